The lowest BCUT2D eigenvalue weighted by Gasteiger charge is -2.31. The molecule has 6 aliphatic heterocycles. The maximum absolute atomic E-state index is 13.7. The van der Waals surface area contributed by atoms with Crippen LogP contribution in [-0.2, 0) is 29.1 Å². The highest BCUT2D eigenvalue weighted by Crippen LogP contribution is 2.40. The standard InChI is InChI=1S/C28H30N8O4.C23H22N8O2.C22H26ClN5O4.C6H4BrN3/c1-28(2,3)40-27(39)36-16-19-24(26(36)38)20(13-32-25(19)21-14-29-15-23-30-8-11-35(21)23)33-22-5-4-17(12-31-22)34-9-6-18(37)7-10-34;32-15-3-6-30(7-4-15)14-1-2-19(26-9-14)29-17-11-27-22(16-10-28-23(33)21(16)17)18-12-24-13-20-25-5-8-31(18)20;1-22(2,3)32-21(31)28-12-15-18(20(28)30)16(11-25-19(15)23)26-17-5-4-13(10-24-17)27-8-6-14(29)7-9-27;7-5-3-8-4-6-9-1-2-10(5)6/h4-5,8,11-15,18,37H,6-7,9-10,16H2,1-3H3,(H,31,33);1-2,5,8-9,11-13,15,32H,3-4,6-7,10H2,(H,26,29)(H,28,33);4-5,10-11,14,29H,6-9,12H2,1-3H3,(H,24,26);1-4H. The van der Waals surface area contributed by atoms with Crippen molar-refractivity contribution >= 4 is 126 Å². The number of amides is 5. The zero-order valence-corrected chi connectivity index (χ0v) is 65.9. The number of imidazole rings is 3. The summed E-state index contributed by atoms with van der Waals surface area (Å²) in [6.07, 6.45) is 33.1. The number of aliphatic hydroxyl groups is 3. The molecule has 5 amide bonds. The summed E-state index contributed by atoms with van der Waals surface area (Å²) in [4.78, 5) is 126. The number of anilines is 9. The summed E-state index contributed by atoms with van der Waals surface area (Å²) in [6, 6.07) is 11.4. The smallest absolute Gasteiger partial charge is 0.417 e. The normalized spacial score (nSPS) is 15.8. The summed E-state index contributed by atoms with van der Waals surface area (Å²) in [5.41, 5.74) is 10.8. The van der Waals surface area contributed by atoms with Crippen LogP contribution in [0.2, 0.25) is 5.15 Å². The quantitative estimate of drug-likeness (QED) is 0.0591. The van der Waals surface area contributed by atoms with Gasteiger partial charge in [0.1, 0.15) is 38.4 Å². The van der Waals surface area contributed by atoms with Crippen molar-refractivity contribution in [2.45, 2.75) is 129 Å². The van der Waals surface area contributed by atoms with Gasteiger partial charge in [-0.1, -0.05) is 11.6 Å². The number of rotatable bonds is 11. The lowest BCUT2D eigenvalue weighted by Crippen LogP contribution is -2.37. The van der Waals surface area contributed by atoms with Crippen LogP contribution in [0.3, 0.4) is 0 Å². The number of fused-ring (bicyclic) bond motifs is 6. The van der Waals surface area contributed by atoms with E-state index in [2.05, 4.69) is 107 Å². The molecule has 34 nitrogen and oxygen atoms in total. The molecule has 0 saturated carbocycles. The first-order valence-electron chi connectivity index (χ1n) is 37.4. The van der Waals surface area contributed by atoms with Crippen molar-refractivity contribution in [2.24, 2.45) is 0 Å². The molecule has 115 heavy (non-hydrogen) atoms. The van der Waals surface area contributed by atoms with Crippen LogP contribution < -0.4 is 36.0 Å². The van der Waals surface area contributed by atoms with Gasteiger partial charge in [-0.25, -0.2) is 54.3 Å². The molecule has 0 unspecified atom stereocenters. The molecule has 0 aliphatic carbocycles. The number of aliphatic hydroxyl groups excluding tert-OH is 3. The minimum Gasteiger partial charge on any atom is -0.443 e. The van der Waals surface area contributed by atoms with Gasteiger partial charge in [-0.15, -0.1) is 0 Å². The van der Waals surface area contributed by atoms with E-state index in [1.807, 2.05) is 68.2 Å². The Morgan fingerprint density at radius 3 is 1.24 bits per heavy atom. The Labute approximate surface area is 672 Å². The molecule has 0 radical (unpaired) electrons. The molecular formula is C79H82BrClN24O10. The van der Waals surface area contributed by atoms with Crippen molar-refractivity contribution in [3.8, 4) is 22.8 Å². The predicted octanol–water partition coefficient (Wildman–Crippen LogP) is 11.1. The first kappa shape index (κ1) is 77.9. The number of halogens is 2. The largest absolute Gasteiger partial charge is 0.443 e. The number of nitrogens with zero attached hydrogens (tertiary/aromatic N) is 20. The number of aromatic nitrogens is 15. The monoisotopic (exact) mass is 1640 g/mol. The highest BCUT2D eigenvalue weighted by atomic mass is 79.9. The van der Waals surface area contributed by atoms with Crippen molar-refractivity contribution in [3.63, 3.8) is 0 Å². The van der Waals surface area contributed by atoms with Gasteiger partial charge in [0.25, 0.3) is 17.7 Å². The number of nitrogens with one attached hydrogen (secondary N) is 4. The third kappa shape index (κ3) is 17.3. The number of hydrogen-bond donors (Lipinski definition) is 7. The van der Waals surface area contributed by atoms with Gasteiger partial charge in [-0.2, -0.15) is 0 Å². The van der Waals surface area contributed by atoms with E-state index in [0.717, 1.165) is 132 Å². The minimum atomic E-state index is -0.765. The summed E-state index contributed by atoms with van der Waals surface area (Å²) < 4.78 is 17.4. The number of imide groups is 2. The number of ether oxygens (including phenoxy) is 2. The molecule has 12 aromatic rings. The van der Waals surface area contributed by atoms with Crippen molar-refractivity contribution in [1.29, 1.82) is 0 Å². The van der Waals surface area contributed by atoms with Gasteiger partial charge >= 0.3 is 12.2 Å². The highest BCUT2D eigenvalue weighted by molar-refractivity contribution is 9.10. The Morgan fingerprint density at radius 1 is 0.461 bits per heavy atom. The molecule has 7 N–H and O–H groups in total. The molecule has 12 aromatic heterocycles. The van der Waals surface area contributed by atoms with Gasteiger partial charge in [-0.3, -0.25) is 52.5 Å². The van der Waals surface area contributed by atoms with Crippen LogP contribution in [0.4, 0.5) is 61.2 Å². The van der Waals surface area contributed by atoms with Crippen LogP contribution in [0.25, 0.3) is 39.7 Å². The fourth-order valence-corrected chi connectivity index (χ4v) is 14.7. The van der Waals surface area contributed by atoms with Crippen LogP contribution in [-0.4, -0.2) is 197 Å². The molecule has 0 bridgehead atoms. The Bertz CT molecular complexity index is 5620. The van der Waals surface area contributed by atoms with Crippen molar-refractivity contribution in [1.82, 2.24) is 88.1 Å². The van der Waals surface area contributed by atoms with Gasteiger partial charge in [0.15, 0.2) is 16.9 Å². The van der Waals surface area contributed by atoms with Gasteiger partial charge in [-0.05, 0) is 132 Å². The van der Waals surface area contributed by atoms with Crippen LogP contribution in [0.15, 0.2) is 153 Å². The van der Waals surface area contributed by atoms with Gasteiger partial charge in [0.05, 0.1) is 179 Å². The number of carbonyl (C=O) groups excluding carboxylic acids is 5. The molecular weight excluding hydrogens is 1560 g/mol. The van der Waals surface area contributed by atoms with E-state index in [1.165, 1.54) is 6.20 Å². The molecule has 0 aromatic carbocycles. The van der Waals surface area contributed by atoms with E-state index >= 15 is 0 Å². The van der Waals surface area contributed by atoms with Gasteiger partial charge in [0, 0.05) is 99.7 Å². The Kier molecular flexibility index (Phi) is 22.3. The van der Waals surface area contributed by atoms with E-state index in [9.17, 15) is 39.3 Å². The second kappa shape index (κ2) is 32.9. The second-order valence-corrected chi connectivity index (χ2v) is 31.2. The maximum Gasteiger partial charge on any atom is 0.417 e. The predicted molar refractivity (Wildman–Crippen MR) is 431 cm³/mol. The second-order valence-electron chi connectivity index (χ2n) is 30.0. The van der Waals surface area contributed by atoms with Crippen LogP contribution in [0, 0.1) is 0 Å². The lowest BCUT2D eigenvalue weighted by atomic mass is 10.1. The van der Waals surface area contributed by atoms with Gasteiger partial charge in [0.2, 0.25) is 0 Å². The van der Waals surface area contributed by atoms with Crippen LogP contribution in [0.5, 0.6) is 0 Å². The third-order valence-corrected chi connectivity index (χ3v) is 20.7. The Balaban J connectivity index is 0.000000128. The minimum absolute atomic E-state index is 0.000798. The fraction of sp³-hybridized carbons (Fsp3) is 0.329. The first-order chi connectivity index (χ1) is 55.3. The number of pyridine rings is 6. The molecule has 3 saturated heterocycles. The van der Waals surface area contributed by atoms with E-state index < -0.39 is 35.2 Å². The Hall–Kier alpha value is -12.4. The number of hydrogen-bond acceptors (Lipinski definition) is 28. The van der Waals surface area contributed by atoms with Crippen LogP contribution in [0.1, 0.15) is 128 Å². The van der Waals surface area contributed by atoms with E-state index in [-0.39, 0.29) is 48.0 Å². The molecule has 0 spiro atoms. The fourth-order valence-electron chi connectivity index (χ4n) is 14.1. The lowest BCUT2D eigenvalue weighted by molar-refractivity contribution is 0.0231. The summed E-state index contributed by atoms with van der Waals surface area (Å²) in [6.45, 7) is 15.6. The maximum atomic E-state index is 13.7. The molecule has 36 heteroatoms. The topological polar surface area (TPSA) is 397 Å². The Morgan fingerprint density at radius 2 is 0.835 bits per heavy atom. The van der Waals surface area contributed by atoms with Crippen molar-refractivity contribution < 1.29 is 48.8 Å². The first-order valence-corrected chi connectivity index (χ1v) is 38.6. The third-order valence-electron chi connectivity index (χ3n) is 19.8. The summed E-state index contributed by atoms with van der Waals surface area (Å²) in [5, 5.41) is 41.9. The molecule has 18 rings (SSSR count). The molecule has 0 atom stereocenters. The average Bonchev–Trinajstić information content (AvgIpc) is 1.60. The SMILES string of the molecule is Brc1cncc2nccn12.CC(C)(C)OC(=O)N1Cc2c(-c3cncc4nccn34)ncc(Nc3ccc(N4CCC(O)CC4)cn3)c2C1=O.CC(C)(C)OC(=O)N1Cc2c(Cl)ncc(Nc3ccc(N4CCC(O)CC4)cn3)c2C1=O.O=C1NCc2c(-c3cncc4nccn34)ncc(Nc3ccc(N4CCC(O)CC4)cn3)c21. The summed E-state index contributed by atoms with van der Waals surface area (Å²) >= 11 is 9.56. The summed E-state index contributed by atoms with van der Waals surface area (Å²) in [7, 11) is 0. The zero-order valence-electron chi connectivity index (χ0n) is 63.6. The van der Waals surface area contributed by atoms with E-state index in [4.69, 9.17) is 26.1 Å². The van der Waals surface area contributed by atoms with Crippen LogP contribution >= 0.6 is 27.5 Å². The summed E-state index contributed by atoms with van der Waals surface area (Å²) in [5.74, 6) is 0.560. The molecule has 6 aliphatic rings. The molecule has 3 fully saturated rings. The number of piperidine rings is 3. The highest BCUT2D eigenvalue weighted by Gasteiger charge is 2.42. The van der Waals surface area contributed by atoms with E-state index in [1.54, 1.807) is 128 Å². The average molecular weight is 1640 g/mol. The molecule has 18 heterocycles. The van der Waals surface area contributed by atoms with Gasteiger partial charge < -0.3 is 60.8 Å². The van der Waals surface area contributed by atoms with E-state index in [0.29, 0.717) is 86.0 Å². The van der Waals surface area contributed by atoms with Crippen molar-refractivity contribution in [2.75, 3.05) is 69.9 Å². The zero-order chi connectivity index (χ0) is 80.4. The van der Waals surface area contributed by atoms with Crippen molar-refractivity contribution in [3.05, 3.63) is 191 Å². The molecule has 592 valence electrons. The number of carbonyl (C=O) groups is 5.